The zero-order chi connectivity index (χ0) is 12.4. The van der Waals surface area contributed by atoms with E-state index in [0.717, 1.165) is 10.0 Å². The molecule has 3 nitrogen and oxygen atoms in total. The smallest absolute Gasteiger partial charge is 0.352 e. The van der Waals surface area contributed by atoms with Crippen molar-refractivity contribution in [3.63, 3.8) is 0 Å². The lowest BCUT2D eigenvalue weighted by atomic mass is 10.1. The summed E-state index contributed by atoms with van der Waals surface area (Å²) in [4.78, 5) is 11.1. The van der Waals surface area contributed by atoms with E-state index in [1.54, 1.807) is 16.8 Å². The first-order valence-corrected chi connectivity index (χ1v) is 6.04. The topological polar surface area (TPSA) is 42.2 Å². The van der Waals surface area contributed by atoms with Crippen molar-refractivity contribution in [2.45, 2.75) is 13.0 Å². The van der Waals surface area contributed by atoms with Crippen molar-refractivity contribution in [3.05, 3.63) is 58.3 Å². The van der Waals surface area contributed by atoms with Crippen LogP contribution in [-0.2, 0) is 0 Å². The first-order chi connectivity index (χ1) is 8.09. The molecule has 1 atom stereocenters. The fraction of sp³-hybridized carbons (Fsp3) is 0.154. The van der Waals surface area contributed by atoms with Gasteiger partial charge in [0, 0.05) is 10.7 Å². The average Bonchev–Trinajstić information content (AvgIpc) is 2.72. The Bertz CT molecular complexity index is 534. The lowest BCUT2D eigenvalue weighted by Crippen LogP contribution is -2.12. The number of aromatic nitrogens is 1. The summed E-state index contributed by atoms with van der Waals surface area (Å²) in [6.07, 6.45) is 1.79. The van der Waals surface area contributed by atoms with Gasteiger partial charge in [-0.05, 0) is 34.5 Å². The monoisotopic (exact) mass is 293 g/mol. The predicted molar refractivity (Wildman–Crippen MR) is 69.3 cm³/mol. The van der Waals surface area contributed by atoms with Gasteiger partial charge in [-0.3, -0.25) is 0 Å². The zero-order valence-electron chi connectivity index (χ0n) is 9.30. The fourth-order valence-corrected chi connectivity index (χ4v) is 2.27. The molecule has 1 aromatic carbocycles. The molecule has 0 saturated carbocycles. The van der Waals surface area contributed by atoms with E-state index in [-0.39, 0.29) is 11.7 Å². The molecule has 0 fully saturated rings. The minimum Gasteiger partial charge on any atom is -0.477 e. The second kappa shape index (κ2) is 4.75. The van der Waals surface area contributed by atoms with Crippen LogP contribution in [0.25, 0.3) is 0 Å². The van der Waals surface area contributed by atoms with Crippen LogP contribution in [0.15, 0.2) is 47.1 Å². The fourth-order valence-electron chi connectivity index (χ4n) is 1.83. The number of carbonyl (C=O) groups is 1. The van der Waals surface area contributed by atoms with Gasteiger partial charge in [0.05, 0.1) is 6.04 Å². The third-order valence-electron chi connectivity index (χ3n) is 2.73. The van der Waals surface area contributed by atoms with Crippen molar-refractivity contribution in [3.8, 4) is 0 Å². The molecule has 1 unspecified atom stereocenters. The van der Waals surface area contributed by atoms with Gasteiger partial charge in [0.25, 0.3) is 0 Å². The summed E-state index contributed by atoms with van der Waals surface area (Å²) in [7, 11) is 0. The van der Waals surface area contributed by atoms with E-state index < -0.39 is 5.97 Å². The molecule has 2 aromatic rings. The van der Waals surface area contributed by atoms with Crippen LogP contribution >= 0.6 is 15.9 Å². The zero-order valence-corrected chi connectivity index (χ0v) is 10.9. The van der Waals surface area contributed by atoms with E-state index in [1.165, 1.54) is 0 Å². The molecule has 17 heavy (non-hydrogen) atoms. The van der Waals surface area contributed by atoms with Gasteiger partial charge in [-0.25, -0.2) is 4.79 Å². The number of halogens is 1. The Balaban J connectivity index is 2.44. The molecule has 0 spiro atoms. The van der Waals surface area contributed by atoms with E-state index in [0.29, 0.717) is 0 Å². The molecule has 88 valence electrons. The summed E-state index contributed by atoms with van der Waals surface area (Å²) in [5.74, 6) is -0.918. The van der Waals surface area contributed by atoms with E-state index in [4.69, 9.17) is 5.11 Å². The van der Waals surface area contributed by atoms with Crippen LogP contribution in [0, 0.1) is 0 Å². The van der Waals surface area contributed by atoms with E-state index in [1.807, 2.05) is 37.3 Å². The number of carboxylic acids is 1. The molecule has 1 N–H and O–H groups in total. The Labute approximate surface area is 108 Å². The van der Waals surface area contributed by atoms with Crippen molar-refractivity contribution >= 4 is 21.9 Å². The summed E-state index contributed by atoms with van der Waals surface area (Å²) in [5, 5.41) is 9.13. The van der Waals surface area contributed by atoms with E-state index >= 15 is 0 Å². The summed E-state index contributed by atoms with van der Waals surface area (Å²) < 4.78 is 2.53. The highest BCUT2D eigenvalue weighted by atomic mass is 79.9. The van der Waals surface area contributed by atoms with Crippen LogP contribution in [-0.4, -0.2) is 15.6 Å². The highest BCUT2D eigenvalue weighted by molar-refractivity contribution is 9.10. The van der Waals surface area contributed by atoms with Crippen LogP contribution in [0.3, 0.4) is 0 Å². The third-order valence-corrected chi connectivity index (χ3v) is 3.17. The van der Waals surface area contributed by atoms with Crippen molar-refractivity contribution in [2.75, 3.05) is 0 Å². The minimum absolute atomic E-state index is 0.00593. The van der Waals surface area contributed by atoms with Gasteiger partial charge in [-0.15, -0.1) is 0 Å². The molecular weight excluding hydrogens is 282 g/mol. The number of aromatic carboxylic acids is 1. The van der Waals surface area contributed by atoms with Gasteiger partial charge in [0.1, 0.15) is 5.69 Å². The number of carboxylic acid groups (broad SMARTS) is 1. The number of benzene rings is 1. The van der Waals surface area contributed by atoms with Crippen LogP contribution in [0.4, 0.5) is 0 Å². The van der Waals surface area contributed by atoms with Gasteiger partial charge < -0.3 is 9.67 Å². The highest BCUT2D eigenvalue weighted by Crippen LogP contribution is 2.24. The maximum atomic E-state index is 11.1. The second-order valence-electron chi connectivity index (χ2n) is 3.84. The number of rotatable bonds is 3. The first kappa shape index (κ1) is 11.9. The molecular formula is C13H12BrNO2. The van der Waals surface area contributed by atoms with Crippen LogP contribution in [0.2, 0.25) is 0 Å². The summed E-state index contributed by atoms with van der Waals surface area (Å²) in [6, 6.07) is 11.4. The summed E-state index contributed by atoms with van der Waals surface area (Å²) in [5.41, 5.74) is 1.37. The number of nitrogens with zero attached hydrogens (tertiary/aromatic N) is 1. The van der Waals surface area contributed by atoms with Gasteiger partial charge in [0.2, 0.25) is 0 Å². The molecule has 0 aliphatic carbocycles. The quantitative estimate of drug-likeness (QED) is 0.940. The van der Waals surface area contributed by atoms with Crippen LogP contribution in [0.5, 0.6) is 0 Å². The van der Waals surface area contributed by atoms with Gasteiger partial charge in [0.15, 0.2) is 0 Å². The number of hydrogen-bond donors (Lipinski definition) is 1. The van der Waals surface area contributed by atoms with Crippen molar-refractivity contribution in [2.24, 2.45) is 0 Å². The SMILES string of the molecule is CC(c1ccccc1)n1cc(Br)cc1C(=O)O. The lowest BCUT2D eigenvalue weighted by Gasteiger charge is -2.16. The average molecular weight is 294 g/mol. The molecule has 0 radical (unpaired) electrons. The maximum Gasteiger partial charge on any atom is 0.352 e. The molecule has 0 aliphatic heterocycles. The Morgan fingerprint density at radius 3 is 2.59 bits per heavy atom. The lowest BCUT2D eigenvalue weighted by molar-refractivity contribution is 0.0684. The van der Waals surface area contributed by atoms with Crippen molar-refractivity contribution in [1.82, 2.24) is 4.57 Å². The second-order valence-corrected chi connectivity index (χ2v) is 4.76. The maximum absolute atomic E-state index is 11.1. The highest BCUT2D eigenvalue weighted by Gasteiger charge is 2.16. The van der Waals surface area contributed by atoms with Gasteiger partial charge in [-0.1, -0.05) is 30.3 Å². The van der Waals surface area contributed by atoms with Gasteiger partial charge in [-0.2, -0.15) is 0 Å². The largest absolute Gasteiger partial charge is 0.477 e. The molecule has 0 aliphatic rings. The predicted octanol–water partition coefficient (Wildman–Crippen LogP) is 3.56. The number of hydrogen-bond acceptors (Lipinski definition) is 1. The van der Waals surface area contributed by atoms with E-state index in [2.05, 4.69) is 15.9 Å². The third kappa shape index (κ3) is 2.42. The van der Waals surface area contributed by atoms with Crippen molar-refractivity contribution < 1.29 is 9.90 Å². The molecule has 1 heterocycles. The molecule has 0 bridgehead atoms. The Morgan fingerprint density at radius 1 is 1.35 bits per heavy atom. The first-order valence-electron chi connectivity index (χ1n) is 5.25. The molecule has 4 heteroatoms. The van der Waals surface area contributed by atoms with Gasteiger partial charge >= 0.3 is 5.97 Å². The van der Waals surface area contributed by atoms with Crippen LogP contribution in [0.1, 0.15) is 29.0 Å². The Morgan fingerprint density at radius 2 is 2.00 bits per heavy atom. The van der Waals surface area contributed by atoms with Crippen LogP contribution < -0.4 is 0 Å². The minimum atomic E-state index is -0.918. The van der Waals surface area contributed by atoms with E-state index in [9.17, 15) is 4.79 Å². The summed E-state index contributed by atoms with van der Waals surface area (Å²) >= 11 is 3.31. The Hall–Kier alpha value is -1.55. The standard InChI is InChI=1S/C13H12BrNO2/c1-9(10-5-3-2-4-6-10)15-8-11(14)7-12(15)13(16)17/h2-9H,1H3,(H,16,17). The molecule has 0 saturated heterocycles. The normalized spacial score (nSPS) is 12.4. The Kier molecular flexibility index (Phi) is 3.33. The molecule has 1 aromatic heterocycles. The molecule has 0 amide bonds. The van der Waals surface area contributed by atoms with Crippen molar-refractivity contribution in [1.29, 1.82) is 0 Å². The summed E-state index contributed by atoms with van der Waals surface area (Å²) in [6.45, 7) is 1.98. The molecule has 2 rings (SSSR count).